The highest BCUT2D eigenvalue weighted by Gasteiger charge is 2.40. The lowest BCUT2D eigenvalue weighted by atomic mass is 10.0. The highest BCUT2D eigenvalue weighted by molar-refractivity contribution is 6.30. The van der Waals surface area contributed by atoms with E-state index in [1.807, 2.05) is 12.1 Å². The monoisotopic (exact) mass is 493 g/mol. The molecule has 2 aromatic heterocycles. The van der Waals surface area contributed by atoms with Crippen LogP contribution in [-0.2, 0) is 0 Å². The molecule has 3 aliphatic rings. The number of H-pyrrole nitrogens is 1. The third-order valence-corrected chi connectivity index (χ3v) is 7.93. The second-order valence-electron chi connectivity index (χ2n) is 9.85. The maximum absolute atomic E-state index is 11.3. The van der Waals surface area contributed by atoms with Crippen molar-refractivity contribution in [3.8, 4) is 0 Å². The van der Waals surface area contributed by atoms with Gasteiger partial charge in [-0.3, -0.25) is 5.10 Å². The fourth-order valence-corrected chi connectivity index (χ4v) is 6.08. The molecule has 1 saturated carbocycles. The topological polar surface area (TPSA) is 101 Å². The Morgan fingerprint density at radius 2 is 1.83 bits per heavy atom. The average molecular weight is 494 g/mol. The summed E-state index contributed by atoms with van der Waals surface area (Å²) in [5.41, 5.74) is 5.35. The Balaban J connectivity index is 1.22. The first-order valence-electron chi connectivity index (χ1n) is 12.1. The average Bonchev–Trinajstić information content (AvgIpc) is 3.55. The maximum Gasteiger partial charge on any atom is 0.407 e. The molecule has 1 amide bonds. The van der Waals surface area contributed by atoms with Crippen LogP contribution in [0.5, 0.6) is 0 Å². The molecule has 6 rings (SSSR count). The number of hydrogen-bond acceptors (Lipinski definition) is 6. The van der Waals surface area contributed by atoms with Crippen molar-refractivity contribution < 1.29 is 9.90 Å². The lowest BCUT2D eigenvalue weighted by molar-refractivity contribution is 0.152. The van der Waals surface area contributed by atoms with Crippen LogP contribution in [0.25, 0.3) is 17.1 Å². The molecule has 0 spiro atoms. The fourth-order valence-electron chi connectivity index (χ4n) is 5.92. The predicted molar refractivity (Wildman–Crippen MR) is 136 cm³/mol. The quantitative estimate of drug-likeness (QED) is 0.567. The van der Waals surface area contributed by atoms with Crippen LogP contribution in [0.15, 0.2) is 30.1 Å². The van der Waals surface area contributed by atoms with Crippen LogP contribution in [0.2, 0.25) is 5.02 Å². The molecule has 3 fully saturated rings. The van der Waals surface area contributed by atoms with Crippen LogP contribution in [0.4, 0.5) is 16.3 Å². The smallest absolute Gasteiger partial charge is 0.407 e. The Hall–Kier alpha value is -3.33. The minimum absolute atomic E-state index is 0.404. The number of anilines is 2. The Morgan fingerprint density at radius 1 is 1.11 bits per heavy atom. The normalized spacial score (nSPS) is 23.5. The van der Waals surface area contributed by atoms with Gasteiger partial charge in [-0.2, -0.15) is 5.10 Å². The van der Waals surface area contributed by atoms with E-state index in [1.165, 1.54) is 16.8 Å². The number of nitrogens with zero attached hydrogens (tertiary/aromatic N) is 6. The highest BCUT2D eigenvalue weighted by Crippen LogP contribution is 2.42. The SMILES string of the molecule is Cc1ccc(Cl)cc1N1CCN(c2ncnc3[nH]nc(/C=C4/C[C@@H]5CN(C(=O)O)C[C@@H]5C4)c23)CC1. The van der Waals surface area contributed by atoms with Gasteiger partial charge in [-0.1, -0.05) is 23.2 Å². The Kier molecular flexibility index (Phi) is 5.51. The summed E-state index contributed by atoms with van der Waals surface area (Å²) in [6, 6.07) is 6.05. The molecule has 10 heteroatoms. The second-order valence-corrected chi connectivity index (χ2v) is 10.3. The number of aryl methyl sites for hydroxylation is 1. The van der Waals surface area contributed by atoms with E-state index in [4.69, 9.17) is 11.6 Å². The van der Waals surface area contributed by atoms with Crippen LogP contribution in [-0.4, -0.2) is 75.5 Å². The van der Waals surface area contributed by atoms with Gasteiger partial charge in [0.2, 0.25) is 0 Å². The summed E-state index contributed by atoms with van der Waals surface area (Å²) in [4.78, 5) is 26.6. The summed E-state index contributed by atoms with van der Waals surface area (Å²) in [5, 5.41) is 18.7. The number of hydrogen-bond donors (Lipinski definition) is 2. The van der Waals surface area contributed by atoms with E-state index in [0.717, 1.165) is 66.6 Å². The standard InChI is InChI=1S/C25H28ClN7O2/c1-15-2-3-19(26)11-21(15)31-4-6-32(7-5-31)24-22-20(29-30-23(22)27-14-28-24)10-16-8-17-12-33(25(34)35)13-18(17)9-16/h2-3,10-11,14,17-18H,4-9,12-13H2,1H3,(H,34,35)(H,27,28,29,30)/b16-10-/t17-,18+/m1/s1. The van der Waals surface area contributed by atoms with E-state index in [9.17, 15) is 9.90 Å². The van der Waals surface area contributed by atoms with E-state index < -0.39 is 6.09 Å². The number of aromatic nitrogens is 4. The number of carboxylic acid groups (broad SMARTS) is 1. The van der Waals surface area contributed by atoms with Crippen LogP contribution >= 0.6 is 11.6 Å². The van der Waals surface area contributed by atoms with Crippen LogP contribution in [0, 0.1) is 18.8 Å². The van der Waals surface area contributed by atoms with Gasteiger partial charge in [0.15, 0.2) is 5.65 Å². The number of halogens is 1. The van der Waals surface area contributed by atoms with Gasteiger partial charge in [-0.05, 0) is 55.4 Å². The Bertz CT molecular complexity index is 1300. The lowest BCUT2D eigenvalue weighted by Gasteiger charge is -2.37. The van der Waals surface area contributed by atoms with Crippen LogP contribution < -0.4 is 9.80 Å². The summed E-state index contributed by atoms with van der Waals surface area (Å²) >= 11 is 6.25. The summed E-state index contributed by atoms with van der Waals surface area (Å²) in [7, 11) is 0. The predicted octanol–water partition coefficient (Wildman–Crippen LogP) is 4.04. The van der Waals surface area contributed by atoms with Crippen molar-refractivity contribution in [2.75, 3.05) is 49.1 Å². The highest BCUT2D eigenvalue weighted by atomic mass is 35.5. The zero-order valence-electron chi connectivity index (χ0n) is 19.6. The molecular weight excluding hydrogens is 466 g/mol. The molecular formula is C25H28ClN7O2. The number of amides is 1. The second kappa shape index (κ2) is 8.71. The molecule has 9 nitrogen and oxygen atoms in total. The number of benzene rings is 1. The van der Waals surface area contributed by atoms with Crippen molar-refractivity contribution in [3.05, 3.63) is 46.4 Å². The molecule has 1 aromatic carbocycles. The van der Waals surface area contributed by atoms with E-state index in [-0.39, 0.29) is 0 Å². The van der Waals surface area contributed by atoms with Gasteiger partial charge in [0.1, 0.15) is 12.1 Å². The number of allylic oxidation sites excluding steroid dienone is 1. The molecule has 0 radical (unpaired) electrons. The first-order chi connectivity index (χ1) is 17.0. The van der Waals surface area contributed by atoms with Gasteiger partial charge >= 0.3 is 6.09 Å². The molecule has 2 atom stereocenters. The number of aromatic amines is 1. The molecule has 4 heterocycles. The largest absolute Gasteiger partial charge is 0.465 e. The fraction of sp³-hybridized carbons (Fsp3) is 0.440. The Morgan fingerprint density at radius 3 is 2.54 bits per heavy atom. The van der Waals surface area contributed by atoms with Gasteiger partial charge in [0.25, 0.3) is 0 Å². The van der Waals surface area contributed by atoms with Gasteiger partial charge in [0, 0.05) is 50.0 Å². The third-order valence-electron chi connectivity index (χ3n) is 7.69. The molecule has 2 N–H and O–H groups in total. The summed E-state index contributed by atoms with van der Waals surface area (Å²) in [6.45, 7) is 6.82. The van der Waals surface area contributed by atoms with Gasteiger partial charge in [-0.15, -0.1) is 0 Å². The van der Waals surface area contributed by atoms with Crippen molar-refractivity contribution in [2.45, 2.75) is 19.8 Å². The van der Waals surface area contributed by atoms with Crippen molar-refractivity contribution in [3.63, 3.8) is 0 Å². The zero-order chi connectivity index (χ0) is 24.1. The number of piperazine rings is 1. The first kappa shape index (κ1) is 22.2. The van der Waals surface area contributed by atoms with E-state index in [1.54, 1.807) is 11.2 Å². The van der Waals surface area contributed by atoms with Crippen molar-refractivity contribution in [2.24, 2.45) is 11.8 Å². The molecule has 1 aliphatic carbocycles. The molecule has 182 valence electrons. The minimum atomic E-state index is -0.810. The maximum atomic E-state index is 11.3. The Labute approximate surface area is 208 Å². The molecule has 35 heavy (non-hydrogen) atoms. The zero-order valence-corrected chi connectivity index (χ0v) is 20.4. The molecule has 3 aromatic rings. The van der Waals surface area contributed by atoms with E-state index in [2.05, 4.69) is 49.0 Å². The van der Waals surface area contributed by atoms with Gasteiger partial charge in [-0.25, -0.2) is 14.8 Å². The molecule has 0 bridgehead atoms. The van der Waals surface area contributed by atoms with E-state index in [0.29, 0.717) is 24.9 Å². The molecule has 2 saturated heterocycles. The summed E-state index contributed by atoms with van der Waals surface area (Å²) < 4.78 is 0. The minimum Gasteiger partial charge on any atom is -0.465 e. The van der Waals surface area contributed by atoms with E-state index >= 15 is 0 Å². The summed E-state index contributed by atoms with van der Waals surface area (Å²) in [6.07, 6.45) is 4.80. The molecule has 2 aliphatic heterocycles. The lowest BCUT2D eigenvalue weighted by Crippen LogP contribution is -2.47. The molecule has 0 unspecified atom stereocenters. The van der Waals surface area contributed by atoms with Crippen molar-refractivity contribution in [1.82, 2.24) is 25.1 Å². The first-order valence-corrected chi connectivity index (χ1v) is 12.5. The van der Waals surface area contributed by atoms with Gasteiger partial charge < -0.3 is 19.8 Å². The number of fused-ring (bicyclic) bond motifs is 2. The number of likely N-dealkylation sites (tertiary alicyclic amines) is 1. The summed E-state index contributed by atoms with van der Waals surface area (Å²) in [5.74, 6) is 1.72. The van der Waals surface area contributed by atoms with Crippen LogP contribution in [0.3, 0.4) is 0 Å². The number of carbonyl (C=O) groups is 1. The number of rotatable bonds is 3. The van der Waals surface area contributed by atoms with Crippen molar-refractivity contribution in [1.29, 1.82) is 0 Å². The van der Waals surface area contributed by atoms with Crippen LogP contribution in [0.1, 0.15) is 24.1 Å². The van der Waals surface area contributed by atoms with Crippen molar-refractivity contribution >= 4 is 46.3 Å². The third kappa shape index (κ3) is 4.07. The number of nitrogens with one attached hydrogen (secondary N) is 1. The van der Waals surface area contributed by atoms with Gasteiger partial charge in [0.05, 0.1) is 11.1 Å².